The van der Waals surface area contributed by atoms with E-state index >= 15 is 0 Å². The maximum absolute atomic E-state index is 13.5. The molecule has 160 valence electrons. The van der Waals surface area contributed by atoms with Gasteiger partial charge in [0.15, 0.2) is 6.00 Å². The largest absolute Gasteiger partial charge is 1.00 e. The van der Waals surface area contributed by atoms with Gasteiger partial charge in [-0.3, -0.25) is 4.79 Å². The second-order valence-corrected chi connectivity index (χ2v) is 10.7. The second kappa shape index (κ2) is 6.04. The molecule has 2 bridgehead atoms. The van der Waals surface area contributed by atoms with Crippen LogP contribution in [0.5, 0.6) is 0 Å². The number of ether oxygens (including phenoxy) is 1. The highest BCUT2D eigenvalue weighted by Crippen LogP contribution is 2.67. The zero-order valence-electron chi connectivity index (χ0n) is 17.5. The van der Waals surface area contributed by atoms with Crippen molar-refractivity contribution in [2.24, 2.45) is 11.8 Å². The fourth-order valence-corrected chi connectivity index (χ4v) is 8.81. The van der Waals surface area contributed by atoms with E-state index in [0.717, 1.165) is 24.0 Å². The van der Waals surface area contributed by atoms with Gasteiger partial charge in [0.2, 0.25) is 5.91 Å². The Morgan fingerprint density at radius 2 is 2.10 bits per heavy atom. The van der Waals surface area contributed by atoms with Crippen LogP contribution >= 0.6 is 11.6 Å². The molecule has 0 radical (unpaired) electrons. The van der Waals surface area contributed by atoms with Gasteiger partial charge in [0.05, 0.1) is 37.1 Å². The molecule has 6 aliphatic rings. The summed E-state index contributed by atoms with van der Waals surface area (Å²) in [6.07, 6.45) is 5.27. The Balaban J connectivity index is 0.00000175. The van der Waals surface area contributed by atoms with Crippen molar-refractivity contribution in [3.8, 4) is 0 Å². The zero-order chi connectivity index (χ0) is 19.7. The van der Waals surface area contributed by atoms with Gasteiger partial charge in [-0.05, 0) is 48.1 Å². The van der Waals surface area contributed by atoms with E-state index in [2.05, 4.69) is 37.0 Å². The maximum Gasteiger partial charge on any atom is 0.229 e. The molecule has 7 rings (SSSR count). The average Bonchev–Trinajstić information content (AvgIpc) is 3.13. The number of fused-ring (bicyclic) bond motifs is 2. The SMILES string of the molecule is Cc1cc2c(cc1C)[C@@]13CC[N+]4(CCl)CC5=CCO[C@H]6CC(=O)N2[C@H]1[C@H]6[C@H]5C[C@@H]34.[Cl-]. The summed E-state index contributed by atoms with van der Waals surface area (Å²) < 4.78 is 7.33. The Kier molecular flexibility index (Phi) is 3.94. The molecule has 30 heavy (non-hydrogen) atoms. The lowest BCUT2D eigenvalue weighted by atomic mass is 9.53. The summed E-state index contributed by atoms with van der Waals surface area (Å²) in [5.74, 6) is 1.23. The number of alkyl halides is 1. The van der Waals surface area contributed by atoms with Crippen LogP contribution in [0.3, 0.4) is 0 Å². The third-order valence-electron chi connectivity index (χ3n) is 9.65. The van der Waals surface area contributed by atoms with Crippen LogP contribution in [0.4, 0.5) is 5.69 Å². The highest BCUT2D eigenvalue weighted by Gasteiger charge is 2.75. The van der Waals surface area contributed by atoms with Crippen molar-refractivity contribution in [2.45, 2.75) is 56.7 Å². The van der Waals surface area contributed by atoms with E-state index in [9.17, 15) is 4.79 Å². The van der Waals surface area contributed by atoms with E-state index in [0.29, 0.717) is 36.9 Å². The first-order valence-corrected chi connectivity index (χ1v) is 11.7. The third-order valence-corrected chi connectivity index (χ3v) is 10.1. The van der Waals surface area contributed by atoms with Gasteiger partial charge in [-0.1, -0.05) is 23.7 Å². The molecular weight excluding hydrogens is 419 g/mol. The molecule has 3 saturated heterocycles. The highest BCUT2D eigenvalue weighted by atomic mass is 35.5. The van der Waals surface area contributed by atoms with E-state index in [1.54, 1.807) is 5.57 Å². The fourth-order valence-electron chi connectivity index (χ4n) is 8.43. The summed E-state index contributed by atoms with van der Waals surface area (Å²) in [6, 6.07) is 6.13. The summed E-state index contributed by atoms with van der Waals surface area (Å²) in [5.41, 5.74) is 6.85. The first-order chi connectivity index (χ1) is 14.0. The highest BCUT2D eigenvalue weighted by molar-refractivity contribution is 6.17. The van der Waals surface area contributed by atoms with Crippen molar-refractivity contribution in [3.05, 3.63) is 40.5 Å². The monoisotopic (exact) mass is 446 g/mol. The predicted octanol–water partition coefficient (Wildman–Crippen LogP) is 0.424. The van der Waals surface area contributed by atoms with Crippen LogP contribution < -0.4 is 17.3 Å². The molecule has 7 atom stereocenters. The number of piperidine rings is 2. The van der Waals surface area contributed by atoms with Crippen LogP contribution in [0.1, 0.15) is 36.0 Å². The molecule has 1 aromatic carbocycles. The molecule has 0 aromatic heterocycles. The number of amides is 1. The number of nitrogens with zero attached hydrogens (tertiary/aromatic N) is 2. The van der Waals surface area contributed by atoms with E-state index in [4.69, 9.17) is 16.3 Å². The minimum Gasteiger partial charge on any atom is -1.00 e. The van der Waals surface area contributed by atoms with E-state index < -0.39 is 0 Å². The van der Waals surface area contributed by atoms with E-state index in [1.165, 1.54) is 28.8 Å². The van der Waals surface area contributed by atoms with Crippen molar-refractivity contribution in [2.75, 3.05) is 30.6 Å². The first kappa shape index (κ1) is 19.6. The van der Waals surface area contributed by atoms with Gasteiger partial charge in [0.25, 0.3) is 0 Å². The molecule has 1 aliphatic carbocycles. The quantitative estimate of drug-likeness (QED) is 0.271. The third kappa shape index (κ3) is 1.97. The number of anilines is 1. The molecule has 6 heteroatoms. The number of benzene rings is 1. The Bertz CT molecular complexity index is 1010. The molecule has 1 unspecified atom stereocenters. The summed E-state index contributed by atoms with van der Waals surface area (Å²) >= 11 is 6.74. The van der Waals surface area contributed by atoms with Crippen molar-refractivity contribution < 1.29 is 26.4 Å². The average molecular weight is 447 g/mol. The van der Waals surface area contributed by atoms with Gasteiger partial charge >= 0.3 is 0 Å². The van der Waals surface area contributed by atoms with Crippen molar-refractivity contribution in [1.82, 2.24) is 0 Å². The molecular formula is C24H28Cl2N2O2. The lowest BCUT2D eigenvalue weighted by molar-refractivity contribution is -0.933. The van der Waals surface area contributed by atoms with Crippen LogP contribution in [0, 0.1) is 25.7 Å². The van der Waals surface area contributed by atoms with E-state index in [-0.39, 0.29) is 35.9 Å². The number of halogens is 2. The predicted molar refractivity (Wildman–Crippen MR) is 112 cm³/mol. The lowest BCUT2D eigenvalue weighted by Gasteiger charge is -2.60. The number of rotatable bonds is 1. The molecule has 0 N–H and O–H groups in total. The van der Waals surface area contributed by atoms with Crippen molar-refractivity contribution in [3.63, 3.8) is 0 Å². The summed E-state index contributed by atoms with van der Waals surface area (Å²) in [6.45, 7) is 7.25. The fraction of sp³-hybridized carbons (Fsp3) is 0.625. The standard InChI is InChI=1S/C24H28ClN2O2.ClH/c1-13-7-17-18(8-14(13)2)26-21(28)10-19-22-16-9-20-24(17,23(22)26)4-5-27(20,12-25)11-15(16)3-6-29-19;/h3,7-8,16,19-20,22-23H,4-6,9-12H2,1-2H3;1H/q+1;/p-1/t16-,19-,20-,22-,23-,24+,27?;/m0./s1. The Morgan fingerprint density at radius 1 is 1.30 bits per heavy atom. The van der Waals surface area contributed by atoms with Gasteiger partial charge in [0.1, 0.15) is 12.6 Å². The molecule has 1 amide bonds. The molecule has 4 nitrogen and oxygen atoms in total. The number of aryl methyl sites for hydroxylation is 2. The van der Waals surface area contributed by atoms with Crippen molar-refractivity contribution >= 4 is 23.2 Å². The van der Waals surface area contributed by atoms with Gasteiger partial charge in [-0.2, -0.15) is 0 Å². The summed E-state index contributed by atoms with van der Waals surface area (Å²) in [7, 11) is 0. The molecule has 1 saturated carbocycles. The minimum atomic E-state index is 0. The van der Waals surface area contributed by atoms with Gasteiger partial charge in [-0.25, -0.2) is 0 Å². The normalized spacial score (nSPS) is 44.2. The smallest absolute Gasteiger partial charge is 0.229 e. The van der Waals surface area contributed by atoms with Crippen LogP contribution in [0.15, 0.2) is 23.8 Å². The van der Waals surface area contributed by atoms with Crippen molar-refractivity contribution in [1.29, 1.82) is 0 Å². The zero-order valence-corrected chi connectivity index (χ0v) is 19.0. The lowest BCUT2D eigenvalue weighted by Crippen LogP contribution is -3.00. The number of carbonyl (C=O) groups is 1. The Labute approximate surface area is 189 Å². The molecule has 4 fully saturated rings. The van der Waals surface area contributed by atoms with E-state index in [1.807, 2.05) is 0 Å². The number of hydrogen-bond donors (Lipinski definition) is 0. The second-order valence-electron chi connectivity index (χ2n) is 10.5. The van der Waals surface area contributed by atoms with Crippen LogP contribution in [-0.4, -0.2) is 54.3 Å². The van der Waals surface area contributed by atoms with Crippen LogP contribution in [0.25, 0.3) is 0 Å². The Morgan fingerprint density at radius 3 is 2.90 bits per heavy atom. The number of quaternary nitrogens is 1. The number of hydrogen-bond acceptors (Lipinski definition) is 2. The minimum absolute atomic E-state index is 0. The molecule has 1 aromatic rings. The summed E-state index contributed by atoms with van der Waals surface area (Å²) in [4.78, 5) is 15.7. The van der Waals surface area contributed by atoms with Gasteiger partial charge in [-0.15, -0.1) is 0 Å². The van der Waals surface area contributed by atoms with Crippen LogP contribution in [0.2, 0.25) is 0 Å². The topological polar surface area (TPSA) is 29.5 Å². The summed E-state index contributed by atoms with van der Waals surface area (Å²) in [5, 5.41) is 0. The molecule has 5 aliphatic heterocycles. The van der Waals surface area contributed by atoms with Gasteiger partial charge in [0, 0.05) is 24.4 Å². The number of carbonyl (C=O) groups excluding carboxylic acids is 1. The maximum atomic E-state index is 13.5. The Hall–Kier alpha value is -1.07. The molecule has 5 heterocycles. The van der Waals surface area contributed by atoms with Crippen LogP contribution in [-0.2, 0) is 14.9 Å². The molecule has 1 spiro atoms. The first-order valence-electron chi connectivity index (χ1n) is 11.2. The van der Waals surface area contributed by atoms with Gasteiger partial charge < -0.3 is 26.5 Å².